The first-order valence-corrected chi connectivity index (χ1v) is 8.22. The predicted molar refractivity (Wildman–Crippen MR) is 96.0 cm³/mol. The summed E-state index contributed by atoms with van der Waals surface area (Å²) in [4.78, 5) is 34.0. The highest BCUT2D eigenvalue weighted by Gasteiger charge is 2.32. The van der Waals surface area contributed by atoms with E-state index in [2.05, 4.69) is 15.2 Å². The van der Waals surface area contributed by atoms with Crippen molar-refractivity contribution in [2.45, 2.75) is 6.42 Å². The molecule has 126 valence electrons. The lowest BCUT2D eigenvalue weighted by Gasteiger charge is -2.27. The highest BCUT2D eigenvalue weighted by atomic mass is 16.2. The highest BCUT2D eigenvalue weighted by molar-refractivity contribution is 6.20. The zero-order valence-corrected chi connectivity index (χ0v) is 13.9. The Labute approximate surface area is 145 Å². The van der Waals surface area contributed by atoms with Gasteiger partial charge in [0.15, 0.2) is 5.82 Å². The summed E-state index contributed by atoms with van der Waals surface area (Å²) in [6.07, 6.45) is 4.26. The van der Waals surface area contributed by atoms with Crippen LogP contribution in [0, 0.1) is 0 Å². The number of nitrogens with one attached hydrogen (secondary N) is 1. The quantitative estimate of drug-likeness (QED) is 0.870. The van der Waals surface area contributed by atoms with Crippen molar-refractivity contribution in [3.05, 3.63) is 59.8 Å². The fourth-order valence-corrected chi connectivity index (χ4v) is 3.15. The summed E-state index contributed by atoms with van der Waals surface area (Å²) in [6.45, 7) is 1.57. The van der Waals surface area contributed by atoms with Gasteiger partial charge >= 0.3 is 0 Å². The number of anilines is 3. The van der Waals surface area contributed by atoms with Gasteiger partial charge in [-0.15, -0.1) is 0 Å². The zero-order chi connectivity index (χ0) is 17.4. The molecule has 4 rings (SSSR count). The van der Waals surface area contributed by atoms with Gasteiger partial charge in [-0.1, -0.05) is 18.2 Å². The van der Waals surface area contributed by atoms with Crippen LogP contribution in [0.15, 0.2) is 54.2 Å². The summed E-state index contributed by atoms with van der Waals surface area (Å²) in [5.74, 6) is 0.0835. The van der Waals surface area contributed by atoms with Crippen LogP contribution < -0.4 is 10.2 Å². The lowest BCUT2D eigenvalue weighted by Crippen LogP contribution is -2.33. The molecule has 2 amide bonds. The summed E-state index contributed by atoms with van der Waals surface area (Å²) >= 11 is 0. The molecule has 1 aromatic heterocycles. The molecule has 25 heavy (non-hydrogen) atoms. The molecule has 2 aliphatic heterocycles. The maximum Gasteiger partial charge on any atom is 0.259 e. The molecule has 0 bridgehead atoms. The van der Waals surface area contributed by atoms with Gasteiger partial charge in [0.05, 0.1) is 16.9 Å². The Morgan fingerprint density at radius 3 is 2.84 bits per heavy atom. The van der Waals surface area contributed by atoms with Crippen molar-refractivity contribution in [1.29, 1.82) is 0 Å². The Morgan fingerprint density at radius 1 is 1.20 bits per heavy atom. The molecule has 3 heterocycles. The molecule has 2 aromatic rings. The molecular weight excluding hydrogens is 316 g/mol. The van der Waals surface area contributed by atoms with Crippen molar-refractivity contribution in [1.82, 2.24) is 9.88 Å². The third kappa shape index (κ3) is 2.70. The third-order valence-corrected chi connectivity index (χ3v) is 4.53. The van der Waals surface area contributed by atoms with Gasteiger partial charge in [-0.2, -0.15) is 0 Å². The fraction of sp³-hybridized carbons (Fsp3) is 0.211. The van der Waals surface area contributed by atoms with Crippen molar-refractivity contribution in [3.8, 4) is 0 Å². The number of benzene rings is 1. The molecule has 1 aromatic carbocycles. The first kappa shape index (κ1) is 15.5. The number of carbonyl (C=O) groups is 2. The Hall–Kier alpha value is -2.99. The number of carbonyl (C=O) groups excluding carboxylic acids is 2. The summed E-state index contributed by atoms with van der Waals surface area (Å²) in [7, 11) is 2.03. The van der Waals surface area contributed by atoms with Gasteiger partial charge < -0.3 is 10.2 Å². The van der Waals surface area contributed by atoms with E-state index in [0.29, 0.717) is 29.2 Å². The van der Waals surface area contributed by atoms with Crippen molar-refractivity contribution in [2.75, 3.05) is 30.4 Å². The first-order valence-electron chi connectivity index (χ1n) is 8.22. The summed E-state index contributed by atoms with van der Waals surface area (Å²) in [6, 6.07) is 10.6. The second-order valence-corrected chi connectivity index (χ2v) is 6.23. The van der Waals surface area contributed by atoms with Crippen LogP contribution in [0.2, 0.25) is 0 Å². The predicted octanol–water partition coefficient (Wildman–Crippen LogP) is 2.57. The number of aromatic nitrogens is 1. The summed E-state index contributed by atoms with van der Waals surface area (Å²) in [5.41, 5.74) is 2.30. The second-order valence-electron chi connectivity index (χ2n) is 6.23. The molecule has 0 saturated carbocycles. The SMILES string of the molecule is CN1CC=C(C(=O)N2c3ccccc3C(=O)Nc3cccnc32)CC1. The fourth-order valence-electron chi connectivity index (χ4n) is 3.15. The zero-order valence-electron chi connectivity index (χ0n) is 13.9. The van der Waals surface area contributed by atoms with Gasteiger partial charge in [-0.05, 0) is 37.7 Å². The van der Waals surface area contributed by atoms with Crippen molar-refractivity contribution in [3.63, 3.8) is 0 Å². The molecule has 0 radical (unpaired) electrons. The minimum absolute atomic E-state index is 0.128. The Bertz CT molecular complexity index is 890. The molecule has 0 fully saturated rings. The third-order valence-electron chi connectivity index (χ3n) is 4.53. The van der Waals surface area contributed by atoms with E-state index < -0.39 is 0 Å². The standard InChI is InChI=1S/C19H18N4O2/c1-22-11-8-13(9-12-22)19(25)23-16-7-3-2-5-14(16)18(24)21-15-6-4-10-20-17(15)23/h2-8,10H,9,11-12H2,1H3,(H,21,24). The monoisotopic (exact) mass is 334 g/mol. The number of hydrogen-bond acceptors (Lipinski definition) is 4. The van der Waals surface area contributed by atoms with E-state index in [0.717, 1.165) is 18.7 Å². The molecule has 6 nitrogen and oxygen atoms in total. The smallest absolute Gasteiger partial charge is 0.259 e. The number of rotatable bonds is 1. The van der Waals surface area contributed by atoms with E-state index >= 15 is 0 Å². The topological polar surface area (TPSA) is 65.5 Å². The van der Waals surface area contributed by atoms with Crippen molar-refractivity contribution < 1.29 is 9.59 Å². The molecule has 0 unspecified atom stereocenters. The van der Waals surface area contributed by atoms with Crippen molar-refractivity contribution in [2.24, 2.45) is 0 Å². The average molecular weight is 334 g/mol. The van der Waals surface area contributed by atoms with Gasteiger partial charge in [0.25, 0.3) is 11.8 Å². The van der Waals surface area contributed by atoms with Crippen LogP contribution in [0.4, 0.5) is 17.2 Å². The minimum atomic E-state index is -0.238. The largest absolute Gasteiger partial charge is 0.319 e. The normalized spacial score (nSPS) is 17.1. The average Bonchev–Trinajstić information content (AvgIpc) is 2.76. The Morgan fingerprint density at radius 2 is 2.04 bits per heavy atom. The summed E-state index contributed by atoms with van der Waals surface area (Å²) < 4.78 is 0. The van der Waals surface area contributed by atoms with Gasteiger partial charge in [-0.3, -0.25) is 14.5 Å². The number of para-hydroxylation sites is 1. The van der Waals surface area contributed by atoms with E-state index in [1.807, 2.05) is 19.2 Å². The van der Waals surface area contributed by atoms with Crippen molar-refractivity contribution >= 4 is 29.0 Å². The van der Waals surface area contributed by atoms with Crippen LogP contribution in [0.25, 0.3) is 0 Å². The number of pyridine rings is 1. The Kier molecular flexibility index (Phi) is 3.82. The van der Waals surface area contributed by atoms with Gasteiger partial charge in [0.1, 0.15) is 0 Å². The molecule has 1 N–H and O–H groups in total. The van der Waals surface area contributed by atoms with Crippen LogP contribution in [0.3, 0.4) is 0 Å². The molecule has 0 aliphatic carbocycles. The molecule has 0 atom stereocenters. The van der Waals surface area contributed by atoms with Crippen LogP contribution >= 0.6 is 0 Å². The molecule has 2 aliphatic rings. The van der Waals surface area contributed by atoms with E-state index in [1.165, 1.54) is 0 Å². The van der Waals surface area contributed by atoms with E-state index in [4.69, 9.17) is 0 Å². The summed E-state index contributed by atoms with van der Waals surface area (Å²) in [5, 5.41) is 2.85. The highest BCUT2D eigenvalue weighted by Crippen LogP contribution is 2.37. The number of nitrogens with zero attached hydrogens (tertiary/aromatic N) is 3. The number of amides is 2. The number of hydrogen-bond donors (Lipinski definition) is 1. The lowest BCUT2D eigenvalue weighted by molar-refractivity contribution is -0.114. The number of fused-ring (bicyclic) bond motifs is 2. The van der Waals surface area contributed by atoms with Gasteiger partial charge in [-0.25, -0.2) is 4.98 Å². The van der Waals surface area contributed by atoms with Crippen LogP contribution in [0.5, 0.6) is 0 Å². The number of likely N-dealkylation sites (N-methyl/N-ethyl adjacent to an activating group) is 1. The van der Waals surface area contributed by atoms with Crippen LogP contribution in [0.1, 0.15) is 16.8 Å². The molecule has 0 spiro atoms. The molecular formula is C19H18N4O2. The first-order chi connectivity index (χ1) is 12.1. The lowest BCUT2D eigenvalue weighted by atomic mass is 10.1. The van der Waals surface area contributed by atoms with Gasteiger partial charge in [0.2, 0.25) is 0 Å². The second kappa shape index (κ2) is 6.14. The van der Waals surface area contributed by atoms with Crippen LogP contribution in [-0.4, -0.2) is 41.8 Å². The maximum atomic E-state index is 13.3. The van der Waals surface area contributed by atoms with E-state index in [1.54, 1.807) is 41.4 Å². The Balaban J connectivity index is 1.87. The van der Waals surface area contributed by atoms with Crippen LogP contribution in [-0.2, 0) is 4.79 Å². The molecule has 6 heteroatoms. The van der Waals surface area contributed by atoms with Gasteiger partial charge in [0, 0.05) is 24.9 Å². The maximum absolute atomic E-state index is 13.3. The van der Waals surface area contributed by atoms with E-state index in [-0.39, 0.29) is 11.8 Å². The van der Waals surface area contributed by atoms with E-state index in [9.17, 15) is 9.59 Å². The molecule has 0 saturated heterocycles. The minimum Gasteiger partial charge on any atom is -0.319 e.